The van der Waals surface area contributed by atoms with Gasteiger partial charge in [-0.2, -0.15) is 0 Å². The first-order chi connectivity index (χ1) is 11.5. The summed E-state index contributed by atoms with van der Waals surface area (Å²) in [5.41, 5.74) is 2.99. The van der Waals surface area contributed by atoms with Crippen LogP contribution in [0.3, 0.4) is 0 Å². The lowest BCUT2D eigenvalue weighted by Gasteiger charge is -2.15. The highest BCUT2D eigenvalue weighted by molar-refractivity contribution is 6.30. The number of para-hydroxylation sites is 1. The van der Waals surface area contributed by atoms with Crippen molar-refractivity contribution in [3.05, 3.63) is 64.7 Å². The third kappa shape index (κ3) is 3.60. The maximum atomic E-state index is 12.3. The highest BCUT2D eigenvalue weighted by atomic mass is 35.5. The van der Waals surface area contributed by atoms with Crippen molar-refractivity contribution in [3.8, 4) is 0 Å². The van der Waals surface area contributed by atoms with Gasteiger partial charge in [-0.05, 0) is 29.3 Å². The topological polar surface area (TPSA) is 49.4 Å². The summed E-state index contributed by atoms with van der Waals surface area (Å²) in [6.45, 7) is 2.59. The fourth-order valence-electron chi connectivity index (χ4n) is 3.07. The van der Waals surface area contributed by atoms with Crippen LogP contribution < -0.4 is 10.2 Å². The maximum Gasteiger partial charge on any atom is 0.223 e. The molecule has 0 radical (unpaired) electrons. The molecule has 1 aliphatic heterocycles. The lowest BCUT2D eigenvalue weighted by atomic mass is 9.97. The van der Waals surface area contributed by atoms with Gasteiger partial charge in [0.05, 0.1) is 0 Å². The Hall–Kier alpha value is -2.33. The monoisotopic (exact) mass is 342 g/mol. The van der Waals surface area contributed by atoms with Crippen LogP contribution in [-0.2, 0) is 16.1 Å². The van der Waals surface area contributed by atoms with Crippen LogP contribution in [0.5, 0.6) is 0 Å². The molecule has 24 heavy (non-hydrogen) atoms. The maximum absolute atomic E-state index is 12.3. The molecule has 0 saturated heterocycles. The van der Waals surface area contributed by atoms with Crippen molar-refractivity contribution < 1.29 is 9.59 Å². The number of amides is 2. The molecule has 1 N–H and O–H groups in total. The van der Waals surface area contributed by atoms with Gasteiger partial charge in [-0.1, -0.05) is 41.9 Å². The summed E-state index contributed by atoms with van der Waals surface area (Å²) in [7, 11) is 0. The SMILES string of the molecule is CC(=O)N1CC(CC(=O)NCc2ccc(Cl)cc2)c2ccccc21. The third-order valence-electron chi connectivity index (χ3n) is 4.29. The standard InChI is InChI=1S/C19H19ClN2O2/c1-13(23)22-12-15(17-4-2-3-5-18(17)22)10-19(24)21-11-14-6-8-16(20)9-7-14/h2-9,15H,10-12H2,1H3,(H,21,24). The second-order valence-electron chi connectivity index (χ2n) is 5.99. The number of hydrogen-bond donors (Lipinski definition) is 1. The number of rotatable bonds is 4. The smallest absolute Gasteiger partial charge is 0.223 e. The van der Waals surface area contributed by atoms with Gasteiger partial charge in [0.1, 0.15) is 0 Å². The molecule has 0 fully saturated rings. The first kappa shape index (κ1) is 16.5. The summed E-state index contributed by atoms with van der Waals surface area (Å²) in [4.78, 5) is 25.8. The van der Waals surface area contributed by atoms with Gasteiger partial charge in [0.2, 0.25) is 11.8 Å². The molecule has 4 nitrogen and oxygen atoms in total. The lowest BCUT2D eigenvalue weighted by Crippen LogP contribution is -2.29. The molecular formula is C19H19ClN2O2. The van der Waals surface area contributed by atoms with Crippen molar-refractivity contribution >= 4 is 29.1 Å². The fourth-order valence-corrected chi connectivity index (χ4v) is 3.19. The molecule has 0 bridgehead atoms. The third-order valence-corrected chi connectivity index (χ3v) is 4.54. The van der Waals surface area contributed by atoms with Gasteiger partial charge in [-0.15, -0.1) is 0 Å². The van der Waals surface area contributed by atoms with Gasteiger partial charge in [0.15, 0.2) is 0 Å². The van der Waals surface area contributed by atoms with E-state index in [2.05, 4.69) is 5.32 Å². The Morgan fingerprint density at radius 2 is 1.88 bits per heavy atom. The second-order valence-corrected chi connectivity index (χ2v) is 6.43. The number of carbonyl (C=O) groups is 2. The second kappa shape index (κ2) is 7.05. The summed E-state index contributed by atoms with van der Waals surface area (Å²) in [6.07, 6.45) is 0.369. The van der Waals surface area contributed by atoms with Crippen molar-refractivity contribution in [1.29, 1.82) is 0 Å². The van der Waals surface area contributed by atoms with Gasteiger partial charge < -0.3 is 10.2 Å². The van der Waals surface area contributed by atoms with E-state index in [4.69, 9.17) is 11.6 Å². The fraction of sp³-hybridized carbons (Fsp3) is 0.263. The zero-order valence-corrected chi connectivity index (χ0v) is 14.2. The first-order valence-electron chi connectivity index (χ1n) is 7.93. The highest BCUT2D eigenvalue weighted by Gasteiger charge is 2.31. The predicted molar refractivity (Wildman–Crippen MR) is 95.1 cm³/mol. The van der Waals surface area contributed by atoms with Crippen molar-refractivity contribution in [3.63, 3.8) is 0 Å². The lowest BCUT2D eigenvalue weighted by molar-refractivity contribution is -0.122. The van der Waals surface area contributed by atoms with E-state index in [1.54, 1.807) is 24.0 Å². The summed E-state index contributed by atoms with van der Waals surface area (Å²) in [5, 5.41) is 3.61. The van der Waals surface area contributed by atoms with Gasteiger partial charge >= 0.3 is 0 Å². The van der Waals surface area contributed by atoms with Crippen LogP contribution in [0.4, 0.5) is 5.69 Å². The van der Waals surface area contributed by atoms with Gasteiger partial charge in [-0.25, -0.2) is 0 Å². The number of fused-ring (bicyclic) bond motifs is 1. The van der Waals surface area contributed by atoms with Crippen molar-refractivity contribution in [2.24, 2.45) is 0 Å². The molecule has 2 aromatic carbocycles. The Bertz CT molecular complexity index is 758. The average Bonchev–Trinajstić information content (AvgIpc) is 2.93. The van der Waals surface area contributed by atoms with Crippen LogP contribution in [0, 0.1) is 0 Å². The van der Waals surface area contributed by atoms with Crippen LogP contribution in [-0.4, -0.2) is 18.4 Å². The van der Waals surface area contributed by atoms with E-state index < -0.39 is 0 Å². The van der Waals surface area contributed by atoms with Crippen molar-refractivity contribution in [1.82, 2.24) is 5.32 Å². The number of anilines is 1. The first-order valence-corrected chi connectivity index (χ1v) is 8.30. The molecule has 1 aliphatic rings. The summed E-state index contributed by atoms with van der Waals surface area (Å²) in [5.74, 6) is 0.0250. The van der Waals surface area contributed by atoms with Crippen molar-refractivity contribution in [2.45, 2.75) is 25.8 Å². The van der Waals surface area contributed by atoms with E-state index in [0.717, 1.165) is 16.8 Å². The Morgan fingerprint density at radius 1 is 1.17 bits per heavy atom. The van der Waals surface area contributed by atoms with E-state index in [9.17, 15) is 9.59 Å². The molecule has 5 heteroatoms. The minimum absolute atomic E-state index is 0.00604. The van der Waals surface area contributed by atoms with E-state index in [1.165, 1.54) is 0 Å². The van der Waals surface area contributed by atoms with Crippen molar-refractivity contribution in [2.75, 3.05) is 11.4 Å². The van der Waals surface area contributed by atoms with E-state index in [1.807, 2.05) is 36.4 Å². The van der Waals surface area contributed by atoms with Gasteiger partial charge in [0.25, 0.3) is 0 Å². The number of carbonyl (C=O) groups excluding carboxylic acids is 2. The molecule has 0 saturated carbocycles. The Morgan fingerprint density at radius 3 is 2.58 bits per heavy atom. The molecule has 3 rings (SSSR count). The zero-order valence-electron chi connectivity index (χ0n) is 13.5. The molecule has 1 unspecified atom stereocenters. The number of nitrogens with zero attached hydrogens (tertiary/aromatic N) is 1. The van der Waals surface area contributed by atoms with E-state index >= 15 is 0 Å². The Kier molecular flexibility index (Phi) is 4.86. The molecule has 2 aromatic rings. The largest absolute Gasteiger partial charge is 0.352 e. The summed E-state index contributed by atoms with van der Waals surface area (Å²) in [6, 6.07) is 15.2. The summed E-state index contributed by atoms with van der Waals surface area (Å²) < 4.78 is 0. The quantitative estimate of drug-likeness (QED) is 0.924. The van der Waals surface area contributed by atoms with E-state index in [-0.39, 0.29) is 17.7 Å². The average molecular weight is 343 g/mol. The predicted octanol–water partition coefficient (Wildman–Crippen LogP) is 3.50. The number of benzene rings is 2. The van der Waals surface area contributed by atoms with Crippen LogP contribution in [0.25, 0.3) is 0 Å². The Balaban J connectivity index is 1.62. The molecule has 2 amide bonds. The van der Waals surface area contributed by atoms with Crippen LogP contribution in [0.15, 0.2) is 48.5 Å². The normalized spacial score (nSPS) is 15.9. The molecule has 0 aliphatic carbocycles. The van der Waals surface area contributed by atoms with Gasteiger partial charge in [-0.3, -0.25) is 9.59 Å². The minimum atomic E-state index is -0.0184. The molecule has 0 aromatic heterocycles. The molecule has 124 valence electrons. The highest BCUT2D eigenvalue weighted by Crippen LogP contribution is 2.37. The number of nitrogens with one attached hydrogen (secondary N) is 1. The summed E-state index contributed by atoms with van der Waals surface area (Å²) >= 11 is 5.86. The zero-order chi connectivity index (χ0) is 17.1. The van der Waals surface area contributed by atoms with Crippen LogP contribution >= 0.6 is 11.6 Å². The molecular weight excluding hydrogens is 324 g/mol. The Labute approximate surface area is 146 Å². The van der Waals surface area contributed by atoms with Crippen LogP contribution in [0.2, 0.25) is 5.02 Å². The molecule has 0 spiro atoms. The minimum Gasteiger partial charge on any atom is -0.352 e. The number of halogens is 1. The van der Waals surface area contributed by atoms with Gasteiger partial charge in [0, 0.05) is 43.1 Å². The number of hydrogen-bond acceptors (Lipinski definition) is 2. The van der Waals surface area contributed by atoms with Crippen LogP contribution in [0.1, 0.15) is 30.4 Å². The van der Waals surface area contributed by atoms with E-state index in [0.29, 0.717) is 24.5 Å². The molecule has 1 atom stereocenters. The molecule has 1 heterocycles.